The molecule has 0 bridgehead atoms. The van der Waals surface area contributed by atoms with Crippen LogP contribution in [0.15, 0.2) is 22.6 Å². The molecule has 0 aromatic carbocycles. The number of hydrogen-bond acceptors (Lipinski definition) is 3. The van der Waals surface area contributed by atoms with Crippen molar-refractivity contribution >= 4 is 0 Å². The second kappa shape index (κ2) is 3.85. The van der Waals surface area contributed by atoms with Gasteiger partial charge in [-0.05, 0) is 19.9 Å². The zero-order valence-electron chi connectivity index (χ0n) is 7.31. The molecule has 1 heterocycles. The van der Waals surface area contributed by atoms with Gasteiger partial charge in [0.05, 0.1) is 5.69 Å². The maximum absolute atomic E-state index is 4.90. The van der Waals surface area contributed by atoms with Gasteiger partial charge in [0.15, 0.2) is 0 Å². The van der Waals surface area contributed by atoms with E-state index in [1.54, 1.807) is 6.20 Å². The minimum Gasteiger partial charge on any atom is -0.305 e. The molecule has 12 heavy (non-hydrogen) atoms. The molecule has 0 aliphatic heterocycles. The highest BCUT2D eigenvalue weighted by molar-refractivity contribution is 5.00. The Kier molecular flexibility index (Phi) is 2.79. The third-order valence-corrected chi connectivity index (χ3v) is 1.56. The molecule has 2 N–H and O–H groups in total. The summed E-state index contributed by atoms with van der Waals surface area (Å²) in [5.74, 6) is 4.90. The van der Waals surface area contributed by atoms with Gasteiger partial charge in [0.1, 0.15) is 6.54 Å². The fraction of sp³-hybridized carbons (Fsp3) is 0.571. The Morgan fingerprint density at radius 1 is 1.67 bits per heavy atom. The van der Waals surface area contributed by atoms with E-state index in [1.807, 2.05) is 10.7 Å². The largest absolute Gasteiger partial charge is 0.305 e. The fourth-order valence-electron chi connectivity index (χ4n) is 1.05. The van der Waals surface area contributed by atoms with Gasteiger partial charge in [-0.15, -0.1) is 0 Å². The number of nitrogens with two attached hydrogens (primary N) is 1. The molecular formula is C7H13N5. The predicted molar refractivity (Wildman–Crippen MR) is 45.4 cm³/mol. The van der Waals surface area contributed by atoms with Crippen LogP contribution in [0, 0.1) is 0 Å². The van der Waals surface area contributed by atoms with Crippen molar-refractivity contribution in [1.82, 2.24) is 9.78 Å². The molecule has 1 rings (SSSR count). The molecule has 0 aliphatic rings. The van der Waals surface area contributed by atoms with Crippen LogP contribution in [0.5, 0.6) is 0 Å². The van der Waals surface area contributed by atoms with Crippen LogP contribution in [-0.2, 0) is 6.54 Å². The van der Waals surface area contributed by atoms with E-state index in [-0.39, 0.29) is 0 Å². The van der Waals surface area contributed by atoms with Crippen molar-refractivity contribution < 1.29 is 0 Å². The Balaban J connectivity index is 2.77. The molecule has 0 saturated heterocycles. The SMILES string of the molecule is CC(C)n1nccc1CN=NN. The van der Waals surface area contributed by atoms with Gasteiger partial charge in [0, 0.05) is 12.2 Å². The van der Waals surface area contributed by atoms with Gasteiger partial charge in [0.25, 0.3) is 0 Å². The molecular weight excluding hydrogens is 154 g/mol. The molecule has 5 nitrogen and oxygen atoms in total. The van der Waals surface area contributed by atoms with Crippen molar-refractivity contribution in [3.8, 4) is 0 Å². The summed E-state index contributed by atoms with van der Waals surface area (Å²) < 4.78 is 1.90. The normalized spacial score (nSPS) is 11.6. The zero-order valence-corrected chi connectivity index (χ0v) is 7.31. The second-order valence-electron chi connectivity index (χ2n) is 2.78. The first-order valence-corrected chi connectivity index (χ1v) is 3.84. The molecule has 0 saturated carbocycles. The van der Waals surface area contributed by atoms with Crippen molar-refractivity contribution in [1.29, 1.82) is 0 Å². The summed E-state index contributed by atoms with van der Waals surface area (Å²) in [5.41, 5.74) is 1.03. The fourth-order valence-corrected chi connectivity index (χ4v) is 1.05. The minimum absolute atomic E-state index is 0.350. The first kappa shape index (κ1) is 8.70. The van der Waals surface area contributed by atoms with Gasteiger partial charge >= 0.3 is 0 Å². The van der Waals surface area contributed by atoms with Crippen LogP contribution in [0.25, 0.3) is 0 Å². The van der Waals surface area contributed by atoms with Gasteiger partial charge in [0.2, 0.25) is 0 Å². The lowest BCUT2D eigenvalue weighted by Gasteiger charge is -2.08. The summed E-state index contributed by atoms with van der Waals surface area (Å²) in [6, 6.07) is 2.26. The minimum atomic E-state index is 0.350. The van der Waals surface area contributed by atoms with E-state index in [2.05, 4.69) is 29.3 Å². The third kappa shape index (κ3) is 1.81. The second-order valence-corrected chi connectivity index (χ2v) is 2.78. The molecule has 0 radical (unpaired) electrons. The Hall–Kier alpha value is -1.39. The molecule has 66 valence electrons. The zero-order chi connectivity index (χ0) is 8.97. The quantitative estimate of drug-likeness (QED) is 0.418. The third-order valence-electron chi connectivity index (χ3n) is 1.56. The summed E-state index contributed by atoms with van der Waals surface area (Å²) in [4.78, 5) is 0. The first-order valence-electron chi connectivity index (χ1n) is 3.84. The van der Waals surface area contributed by atoms with Crippen molar-refractivity contribution in [2.75, 3.05) is 0 Å². The maximum Gasteiger partial charge on any atom is 0.104 e. The lowest BCUT2D eigenvalue weighted by atomic mass is 10.3. The van der Waals surface area contributed by atoms with Crippen molar-refractivity contribution in [2.24, 2.45) is 16.2 Å². The molecule has 0 fully saturated rings. The lowest BCUT2D eigenvalue weighted by molar-refractivity contribution is 0.508. The van der Waals surface area contributed by atoms with Crippen molar-refractivity contribution in [2.45, 2.75) is 26.4 Å². The number of hydrogen-bond donors (Lipinski definition) is 1. The van der Waals surface area contributed by atoms with Crippen LogP contribution in [0.4, 0.5) is 0 Å². The van der Waals surface area contributed by atoms with Gasteiger partial charge in [-0.25, -0.2) is 0 Å². The number of nitrogens with zero attached hydrogens (tertiary/aromatic N) is 4. The Morgan fingerprint density at radius 3 is 3.00 bits per heavy atom. The summed E-state index contributed by atoms with van der Waals surface area (Å²) in [6.07, 6.45) is 1.75. The van der Waals surface area contributed by atoms with E-state index in [1.165, 1.54) is 0 Å². The smallest absolute Gasteiger partial charge is 0.104 e. The van der Waals surface area contributed by atoms with Gasteiger partial charge in [-0.2, -0.15) is 10.2 Å². The van der Waals surface area contributed by atoms with Crippen LogP contribution in [0.3, 0.4) is 0 Å². The Labute approximate surface area is 71.3 Å². The van der Waals surface area contributed by atoms with Crippen LogP contribution in [0.2, 0.25) is 0 Å². The van der Waals surface area contributed by atoms with E-state index in [9.17, 15) is 0 Å². The summed E-state index contributed by atoms with van der Waals surface area (Å²) >= 11 is 0. The predicted octanol–water partition coefficient (Wildman–Crippen LogP) is 1.29. The van der Waals surface area contributed by atoms with E-state index < -0.39 is 0 Å². The maximum atomic E-state index is 4.90. The van der Waals surface area contributed by atoms with Crippen LogP contribution >= 0.6 is 0 Å². The van der Waals surface area contributed by atoms with E-state index in [0.29, 0.717) is 12.6 Å². The Morgan fingerprint density at radius 2 is 2.42 bits per heavy atom. The summed E-state index contributed by atoms with van der Waals surface area (Å²) in [7, 11) is 0. The standard InChI is InChI=1S/C7H13N5/c1-6(2)12-7(3-4-10-12)5-9-11-8/h3-4,6H,5H2,1-2H3,(H2,8,9). The molecule has 1 aromatic rings. The van der Waals surface area contributed by atoms with Crippen LogP contribution < -0.4 is 5.84 Å². The van der Waals surface area contributed by atoms with Crippen molar-refractivity contribution in [3.05, 3.63) is 18.0 Å². The molecule has 1 aromatic heterocycles. The van der Waals surface area contributed by atoms with Crippen molar-refractivity contribution in [3.63, 3.8) is 0 Å². The lowest BCUT2D eigenvalue weighted by Crippen LogP contribution is -2.06. The van der Waals surface area contributed by atoms with E-state index >= 15 is 0 Å². The van der Waals surface area contributed by atoms with E-state index in [0.717, 1.165) is 5.69 Å². The van der Waals surface area contributed by atoms with E-state index in [4.69, 9.17) is 5.84 Å². The molecule has 0 unspecified atom stereocenters. The molecule has 0 spiro atoms. The van der Waals surface area contributed by atoms with Gasteiger partial charge in [-0.1, -0.05) is 5.22 Å². The highest BCUT2D eigenvalue weighted by atomic mass is 15.3. The van der Waals surface area contributed by atoms with Crippen LogP contribution in [0.1, 0.15) is 25.6 Å². The first-order chi connectivity index (χ1) is 5.75. The van der Waals surface area contributed by atoms with Gasteiger partial charge in [-0.3, -0.25) is 4.68 Å². The monoisotopic (exact) mass is 167 g/mol. The highest BCUT2D eigenvalue weighted by Gasteiger charge is 2.03. The molecule has 0 atom stereocenters. The number of aromatic nitrogens is 2. The molecule has 0 aliphatic carbocycles. The highest BCUT2D eigenvalue weighted by Crippen LogP contribution is 2.08. The average molecular weight is 167 g/mol. The number of rotatable bonds is 3. The molecule has 5 heteroatoms. The topological polar surface area (TPSA) is 68.6 Å². The van der Waals surface area contributed by atoms with Gasteiger partial charge < -0.3 is 5.84 Å². The summed E-state index contributed by atoms with van der Waals surface area (Å²) in [6.45, 7) is 4.63. The summed E-state index contributed by atoms with van der Waals surface area (Å²) in [5, 5.41) is 11.0. The van der Waals surface area contributed by atoms with Crippen LogP contribution in [-0.4, -0.2) is 9.78 Å². The Bertz CT molecular complexity index is 263. The average Bonchev–Trinajstić information content (AvgIpc) is 2.48. The molecule has 0 amide bonds.